The molecule has 0 aromatic carbocycles. The monoisotopic (exact) mass is 198 g/mol. The Kier molecular flexibility index (Phi) is 1.60. The smallest absolute Gasteiger partial charge is 0.264 e. The molecule has 0 amide bonds. The van der Waals surface area contributed by atoms with Gasteiger partial charge in [-0.15, -0.1) is 0 Å². The molecule has 2 aliphatic rings. The summed E-state index contributed by atoms with van der Waals surface area (Å²) in [6.45, 7) is 3.57. The lowest BCUT2D eigenvalue weighted by atomic mass is 10.2. The Bertz CT molecular complexity index is 443. The first-order valence-corrected chi connectivity index (χ1v) is 5.49. The van der Waals surface area contributed by atoms with Gasteiger partial charge in [0.1, 0.15) is 10.7 Å². The minimum absolute atomic E-state index is 0.149. The highest BCUT2D eigenvalue weighted by Crippen LogP contribution is 2.30. The van der Waals surface area contributed by atoms with Crippen LogP contribution in [0.3, 0.4) is 0 Å². The minimum atomic E-state index is -3.33. The number of nitrogens with zero attached hydrogens (tertiary/aromatic N) is 1. The Labute approximate surface area is 77.1 Å². The van der Waals surface area contributed by atoms with Crippen molar-refractivity contribution in [1.29, 1.82) is 0 Å². The number of hydrogen-bond acceptors (Lipinski definition) is 3. The Balaban J connectivity index is 2.62. The highest BCUT2D eigenvalue weighted by atomic mass is 32.2. The largest absolute Gasteiger partial charge is 0.267 e. The maximum absolute atomic E-state index is 11.5. The molecule has 0 radical (unpaired) electrons. The molecule has 4 nitrogen and oxygen atoms in total. The first-order chi connectivity index (χ1) is 5.99. The predicted octanol–water partition coefficient (Wildman–Crippen LogP) is 0.755. The van der Waals surface area contributed by atoms with Crippen LogP contribution in [0.15, 0.2) is 27.7 Å². The van der Waals surface area contributed by atoms with E-state index in [-0.39, 0.29) is 5.92 Å². The molecule has 0 bridgehead atoms. The third kappa shape index (κ3) is 1.29. The number of rotatable bonds is 0. The van der Waals surface area contributed by atoms with Crippen LogP contribution in [-0.2, 0) is 10.0 Å². The summed E-state index contributed by atoms with van der Waals surface area (Å²) in [5, 5.41) is 0. The first kappa shape index (κ1) is 8.50. The third-order valence-electron chi connectivity index (χ3n) is 1.95. The van der Waals surface area contributed by atoms with Gasteiger partial charge in [0.05, 0.1) is 5.70 Å². The highest BCUT2D eigenvalue weighted by molar-refractivity contribution is 7.94. The summed E-state index contributed by atoms with van der Waals surface area (Å²) in [6.07, 6.45) is 3.55. The number of amidine groups is 1. The molecule has 0 fully saturated rings. The number of aliphatic imine (C=N–C) groups is 1. The maximum Gasteiger partial charge on any atom is 0.264 e. The van der Waals surface area contributed by atoms with E-state index in [1.165, 1.54) is 0 Å². The van der Waals surface area contributed by atoms with Crippen molar-refractivity contribution < 1.29 is 8.42 Å². The van der Waals surface area contributed by atoms with Gasteiger partial charge < -0.3 is 0 Å². The van der Waals surface area contributed by atoms with Crippen molar-refractivity contribution in [1.82, 2.24) is 4.72 Å². The molecule has 0 spiro atoms. The number of allylic oxidation sites excluding steroid dienone is 2. The normalized spacial score (nSPS) is 29.7. The molecule has 1 atom stereocenters. The van der Waals surface area contributed by atoms with Crippen molar-refractivity contribution in [2.24, 2.45) is 10.9 Å². The standard InChI is InChI=1S/C8H10N2O2S/c1-5-3-7-8(4-5)13(11,12)10-6(2)9-7/h3-5H,1-2H3,(H,9,10). The van der Waals surface area contributed by atoms with Crippen LogP contribution in [0.4, 0.5) is 0 Å². The lowest BCUT2D eigenvalue weighted by Gasteiger charge is -2.14. The van der Waals surface area contributed by atoms with Crippen molar-refractivity contribution >= 4 is 15.9 Å². The fourth-order valence-electron chi connectivity index (χ4n) is 1.48. The van der Waals surface area contributed by atoms with E-state index in [9.17, 15) is 8.42 Å². The maximum atomic E-state index is 11.5. The van der Waals surface area contributed by atoms with Crippen molar-refractivity contribution in [3.05, 3.63) is 22.8 Å². The molecule has 0 aromatic rings. The van der Waals surface area contributed by atoms with Gasteiger partial charge in [0.2, 0.25) is 0 Å². The Morgan fingerprint density at radius 3 is 2.85 bits per heavy atom. The zero-order chi connectivity index (χ0) is 9.64. The van der Waals surface area contributed by atoms with E-state index in [0.29, 0.717) is 16.4 Å². The van der Waals surface area contributed by atoms with Crippen LogP contribution in [0.5, 0.6) is 0 Å². The fourth-order valence-corrected chi connectivity index (χ4v) is 2.80. The van der Waals surface area contributed by atoms with E-state index < -0.39 is 10.0 Å². The molecule has 1 heterocycles. The summed E-state index contributed by atoms with van der Waals surface area (Å²) in [5.74, 6) is 0.578. The molecule has 1 aliphatic carbocycles. The van der Waals surface area contributed by atoms with Crippen molar-refractivity contribution in [2.45, 2.75) is 13.8 Å². The second-order valence-corrected chi connectivity index (χ2v) is 4.90. The topological polar surface area (TPSA) is 58.5 Å². The molecule has 0 saturated heterocycles. The van der Waals surface area contributed by atoms with Gasteiger partial charge in [0.25, 0.3) is 10.0 Å². The predicted molar refractivity (Wildman–Crippen MR) is 50.5 cm³/mol. The molecule has 13 heavy (non-hydrogen) atoms. The summed E-state index contributed by atoms with van der Waals surface area (Å²) < 4.78 is 25.4. The third-order valence-corrected chi connectivity index (χ3v) is 3.44. The van der Waals surface area contributed by atoms with Gasteiger partial charge in [-0.3, -0.25) is 4.72 Å². The Hall–Kier alpha value is -1.10. The van der Waals surface area contributed by atoms with E-state index in [1.807, 2.05) is 13.0 Å². The number of sulfonamides is 1. The highest BCUT2D eigenvalue weighted by Gasteiger charge is 2.30. The number of hydrogen-bond donors (Lipinski definition) is 1. The molecule has 70 valence electrons. The number of fused-ring (bicyclic) bond motifs is 1. The SMILES string of the molecule is CC1=NC2=CC(C)C=C2S(=O)(=O)N1. The van der Waals surface area contributed by atoms with E-state index >= 15 is 0 Å². The first-order valence-electron chi connectivity index (χ1n) is 4.01. The van der Waals surface area contributed by atoms with Gasteiger partial charge >= 0.3 is 0 Å². The Morgan fingerprint density at radius 2 is 2.15 bits per heavy atom. The lowest BCUT2D eigenvalue weighted by Crippen LogP contribution is -2.33. The summed E-state index contributed by atoms with van der Waals surface area (Å²) in [7, 11) is -3.33. The van der Waals surface area contributed by atoms with Crippen LogP contribution in [-0.4, -0.2) is 14.3 Å². The van der Waals surface area contributed by atoms with Gasteiger partial charge in [0.15, 0.2) is 0 Å². The quantitative estimate of drug-likeness (QED) is 0.624. The van der Waals surface area contributed by atoms with Gasteiger partial charge in [0, 0.05) is 0 Å². The van der Waals surface area contributed by atoms with Gasteiger partial charge in [-0.1, -0.05) is 19.1 Å². The zero-order valence-electron chi connectivity index (χ0n) is 7.40. The van der Waals surface area contributed by atoms with Gasteiger partial charge in [-0.05, 0) is 12.8 Å². The molecule has 2 rings (SSSR count). The molecule has 1 N–H and O–H groups in total. The lowest BCUT2D eigenvalue weighted by molar-refractivity contribution is 0.598. The summed E-state index contributed by atoms with van der Waals surface area (Å²) in [4.78, 5) is 4.42. The van der Waals surface area contributed by atoms with E-state index in [4.69, 9.17) is 0 Å². The van der Waals surface area contributed by atoms with Crippen LogP contribution in [0.1, 0.15) is 13.8 Å². The molecular weight excluding hydrogens is 188 g/mol. The van der Waals surface area contributed by atoms with Gasteiger partial charge in [-0.25, -0.2) is 13.4 Å². The Morgan fingerprint density at radius 1 is 1.46 bits per heavy atom. The van der Waals surface area contributed by atoms with Crippen LogP contribution in [0.2, 0.25) is 0 Å². The number of nitrogens with one attached hydrogen (secondary N) is 1. The van der Waals surface area contributed by atoms with Crippen molar-refractivity contribution in [3.63, 3.8) is 0 Å². The summed E-state index contributed by atoms with van der Waals surface area (Å²) >= 11 is 0. The van der Waals surface area contributed by atoms with Gasteiger partial charge in [-0.2, -0.15) is 0 Å². The van der Waals surface area contributed by atoms with E-state index in [1.54, 1.807) is 13.0 Å². The zero-order valence-corrected chi connectivity index (χ0v) is 8.22. The summed E-state index contributed by atoms with van der Waals surface area (Å²) in [5.41, 5.74) is 0.573. The van der Waals surface area contributed by atoms with Crippen molar-refractivity contribution in [2.75, 3.05) is 0 Å². The van der Waals surface area contributed by atoms with Crippen LogP contribution >= 0.6 is 0 Å². The minimum Gasteiger partial charge on any atom is -0.267 e. The second-order valence-electron chi connectivity index (χ2n) is 3.24. The molecule has 0 aromatic heterocycles. The van der Waals surface area contributed by atoms with Crippen molar-refractivity contribution in [3.8, 4) is 0 Å². The molecule has 1 aliphatic heterocycles. The second kappa shape index (κ2) is 2.45. The van der Waals surface area contributed by atoms with E-state index in [2.05, 4.69) is 9.71 Å². The average molecular weight is 198 g/mol. The average Bonchev–Trinajstić information content (AvgIpc) is 2.28. The van der Waals surface area contributed by atoms with Crippen LogP contribution in [0.25, 0.3) is 0 Å². The van der Waals surface area contributed by atoms with Crippen LogP contribution in [0, 0.1) is 5.92 Å². The molecule has 0 saturated carbocycles. The molecule has 5 heteroatoms. The molecule has 1 unspecified atom stereocenters. The van der Waals surface area contributed by atoms with E-state index in [0.717, 1.165) is 0 Å². The fraction of sp³-hybridized carbons (Fsp3) is 0.375. The van der Waals surface area contributed by atoms with Crippen LogP contribution < -0.4 is 4.72 Å². The summed E-state index contributed by atoms with van der Waals surface area (Å²) in [6, 6.07) is 0. The molecular formula is C8H10N2O2S.